The summed E-state index contributed by atoms with van der Waals surface area (Å²) in [4.78, 5) is 13.7. The summed E-state index contributed by atoms with van der Waals surface area (Å²) in [6, 6.07) is 8.98. The summed E-state index contributed by atoms with van der Waals surface area (Å²) in [5.41, 5.74) is 2.70. The van der Waals surface area contributed by atoms with Crippen LogP contribution in [-0.2, 0) is 0 Å². The molecule has 0 spiro atoms. The Bertz CT molecular complexity index is 1340. The fourth-order valence-corrected chi connectivity index (χ4v) is 4.69. The van der Waals surface area contributed by atoms with E-state index >= 15 is 0 Å². The Morgan fingerprint density at radius 2 is 1.82 bits per heavy atom. The summed E-state index contributed by atoms with van der Waals surface area (Å²) in [6.07, 6.45) is 6.21. The number of nitrogens with one attached hydrogen (secondary N) is 2. The Labute approximate surface area is 201 Å². The van der Waals surface area contributed by atoms with Gasteiger partial charge in [-0.05, 0) is 37.8 Å². The lowest BCUT2D eigenvalue weighted by molar-refractivity contribution is 0.248. The number of aromatic nitrogens is 4. The molecule has 2 N–H and O–H groups in total. The van der Waals surface area contributed by atoms with Crippen molar-refractivity contribution in [2.75, 3.05) is 41.7 Å². The number of nitrogens with zero attached hydrogens (tertiary/aromatic N) is 8. The Morgan fingerprint density at radius 1 is 1.03 bits per heavy atom. The van der Waals surface area contributed by atoms with Crippen molar-refractivity contribution in [1.82, 2.24) is 24.5 Å². The van der Waals surface area contributed by atoms with E-state index in [1.165, 1.54) is 23.6 Å². The van der Waals surface area contributed by atoms with Crippen LogP contribution in [0.2, 0.25) is 5.02 Å². The quantitative estimate of drug-likeness (QED) is 0.554. The lowest BCUT2D eigenvalue weighted by Gasteiger charge is -2.37. The molecule has 0 unspecified atom stereocenters. The Kier molecular flexibility index (Phi) is 5.13. The number of anilines is 4. The standard InChI is InChI=1S/C23H23ClN10/c24-20-18(9-14(11-25)10-19(20)33-7-5-32(6-8-33)16-3-4-16)29-23-30-21(28-15-1-2-15)22-27-13-17(12-26)34(22)31-23/h9-10,13,15-16H,1-8H2,(H2,28,29,30,31). The molecule has 2 aromatic heterocycles. The molecule has 2 saturated carbocycles. The van der Waals surface area contributed by atoms with Gasteiger partial charge in [0.1, 0.15) is 6.07 Å². The zero-order valence-corrected chi connectivity index (χ0v) is 19.3. The molecular weight excluding hydrogens is 452 g/mol. The monoisotopic (exact) mass is 474 g/mol. The molecule has 3 heterocycles. The van der Waals surface area contributed by atoms with Gasteiger partial charge >= 0.3 is 0 Å². The molecule has 1 aromatic carbocycles. The van der Waals surface area contributed by atoms with Crippen LogP contribution in [0.1, 0.15) is 36.9 Å². The van der Waals surface area contributed by atoms with Crippen LogP contribution in [-0.4, -0.2) is 62.7 Å². The van der Waals surface area contributed by atoms with Crippen molar-refractivity contribution in [2.24, 2.45) is 0 Å². The average molecular weight is 475 g/mol. The number of hydrogen-bond acceptors (Lipinski definition) is 9. The number of halogens is 1. The smallest absolute Gasteiger partial charge is 0.247 e. The number of fused-ring (bicyclic) bond motifs is 1. The van der Waals surface area contributed by atoms with Gasteiger partial charge in [-0.3, -0.25) is 4.90 Å². The molecule has 3 aromatic rings. The molecule has 11 heteroatoms. The highest BCUT2D eigenvalue weighted by Gasteiger charge is 2.32. The van der Waals surface area contributed by atoms with Crippen LogP contribution in [0.5, 0.6) is 0 Å². The SMILES string of the molecule is N#Cc1cc(Nc2nc(NC3CC3)c3ncc(C#N)n3n2)c(Cl)c(N2CCN(C3CC3)CC2)c1. The first-order valence-electron chi connectivity index (χ1n) is 11.5. The highest BCUT2D eigenvalue weighted by atomic mass is 35.5. The van der Waals surface area contributed by atoms with Gasteiger partial charge in [0.2, 0.25) is 5.95 Å². The fourth-order valence-electron chi connectivity index (χ4n) is 4.41. The number of benzene rings is 1. The van der Waals surface area contributed by atoms with E-state index in [0.29, 0.717) is 39.5 Å². The first-order chi connectivity index (χ1) is 16.6. The van der Waals surface area contributed by atoms with Crippen LogP contribution >= 0.6 is 11.6 Å². The maximum Gasteiger partial charge on any atom is 0.247 e. The van der Waals surface area contributed by atoms with Crippen LogP contribution < -0.4 is 15.5 Å². The molecule has 1 saturated heterocycles. The summed E-state index contributed by atoms with van der Waals surface area (Å²) in [5.74, 6) is 0.831. The van der Waals surface area contributed by atoms with E-state index < -0.39 is 0 Å². The molecule has 0 radical (unpaired) electrons. The molecule has 1 aliphatic heterocycles. The molecule has 6 rings (SSSR count). The molecule has 34 heavy (non-hydrogen) atoms. The summed E-state index contributed by atoms with van der Waals surface area (Å²) < 4.78 is 1.47. The van der Waals surface area contributed by atoms with Gasteiger partial charge in [-0.25, -0.2) is 4.98 Å². The Balaban J connectivity index is 1.33. The Hall–Kier alpha value is -3.60. The zero-order valence-electron chi connectivity index (χ0n) is 18.5. The second-order valence-electron chi connectivity index (χ2n) is 9.04. The predicted molar refractivity (Wildman–Crippen MR) is 128 cm³/mol. The fraction of sp³-hybridized carbons (Fsp3) is 0.435. The predicted octanol–water partition coefficient (Wildman–Crippen LogP) is 3.12. The maximum atomic E-state index is 9.66. The van der Waals surface area contributed by atoms with E-state index in [-0.39, 0.29) is 5.95 Å². The summed E-state index contributed by atoms with van der Waals surface area (Å²) >= 11 is 6.85. The van der Waals surface area contributed by atoms with Crippen molar-refractivity contribution in [3.8, 4) is 12.1 Å². The second kappa shape index (κ2) is 8.32. The largest absolute Gasteiger partial charge is 0.368 e. The lowest BCUT2D eigenvalue weighted by Crippen LogP contribution is -2.47. The highest BCUT2D eigenvalue weighted by molar-refractivity contribution is 6.36. The van der Waals surface area contributed by atoms with Crippen molar-refractivity contribution in [3.63, 3.8) is 0 Å². The molecule has 0 amide bonds. The molecular formula is C23H23ClN10. The highest BCUT2D eigenvalue weighted by Crippen LogP contribution is 2.37. The normalized spacial score (nSPS) is 18.5. The first kappa shape index (κ1) is 21.0. The van der Waals surface area contributed by atoms with E-state index in [2.05, 4.69) is 47.6 Å². The lowest BCUT2D eigenvalue weighted by atomic mass is 10.1. The first-order valence-corrected chi connectivity index (χ1v) is 11.9. The maximum absolute atomic E-state index is 9.66. The number of nitriles is 2. The number of hydrogen-bond donors (Lipinski definition) is 2. The van der Waals surface area contributed by atoms with E-state index in [9.17, 15) is 10.5 Å². The van der Waals surface area contributed by atoms with Crippen LogP contribution in [0.25, 0.3) is 5.65 Å². The van der Waals surface area contributed by atoms with Crippen molar-refractivity contribution < 1.29 is 0 Å². The zero-order chi connectivity index (χ0) is 23.2. The molecule has 10 nitrogen and oxygen atoms in total. The van der Waals surface area contributed by atoms with Gasteiger partial charge in [0.05, 0.1) is 34.2 Å². The van der Waals surface area contributed by atoms with Crippen molar-refractivity contribution >= 4 is 40.4 Å². The van der Waals surface area contributed by atoms with Crippen molar-refractivity contribution in [2.45, 2.75) is 37.8 Å². The van der Waals surface area contributed by atoms with Crippen LogP contribution in [0.15, 0.2) is 18.3 Å². The van der Waals surface area contributed by atoms with Crippen molar-refractivity contribution in [1.29, 1.82) is 10.5 Å². The minimum absolute atomic E-state index is 0.270. The Morgan fingerprint density at radius 3 is 2.50 bits per heavy atom. The van der Waals surface area contributed by atoms with Gasteiger partial charge < -0.3 is 15.5 Å². The third kappa shape index (κ3) is 3.96. The molecule has 0 bridgehead atoms. The van der Waals surface area contributed by atoms with E-state index in [0.717, 1.165) is 50.7 Å². The van der Waals surface area contributed by atoms with Gasteiger partial charge in [0.15, 0.2) is 17.2 Å². The summed E-state index contributed by atoms with van der Waals surface area (Å²) in [7, 11) is 0. The minimum Gasteiger partial charge on any atom is -0.368 e. The third-order valence-corrected chi connectivity index (χ3v) is 6.94. The number of piperazine rings is 1. The van der Waals surface area contributed by atoms with Crippen LogP contribution in [0.3, 0.4) is 0 Å². The topological polar surface area (TPSA) is 121 Å². The summed E-state index contributed by atoms with van der Waals surface area (Å²) in [6.45, 7) is 3.72. The van der Waals surface area contributed by atoms with Gasteiger partial charge in [-0.15, -0.1) is 5.10 Å². The average Bonchev–Trinajstić information content (AvgIpc) is 3.79. The second-order valence-corrected chi connectivity index (χ2v) is 9.42. The summed E-state index contributed by atoms with van der Waals surface area (Å²) in [5, 5.41) is 30.7. The number of rotatable bonds is 6. The molecule has 3 aliphatic rings. The van der Waals surface area contributed by atoms with Crippen LogP contribution in [0, 0.1) is 22.7 Å². The molecule has 172 valence electrons. The van der Waals surface area contributed by atoms with E-state index in [1.807, 2.05) is 6.07 Å². The van der Waals surface area contributed by atoms with Gasteiger partial charge in [0.25, 0.3) is 0 Å². The molecule has 3 fully saturated rings. The van der Waals surface area contributed by atoms with Crippen molar-refractivity contribution in [3.05, 3.63) is 34.6 Å². The molecule has 0 atom stereocenters. The van der Waals surface area contributed by atoms with Gasteiger partial charge in [0, 0.05) is 38.3 Å². The van der Waals surface area contributed by atoms with E-state index in [1.54, 1.807) is 6.07 Å². The number of imidazole rings is 1. The molecule has 2 aliphatic carbocycles. The third-order valence-electron chi connectivity index (χ3n) is 6.54. The van der Waals surface area contributed by atoms with Gasteiger partial charge in [-0.2, -0.15) is 20.0 Å². The van der Waals surface area contributed by atoms with Gasteiger partial charge in [-0.1, -0.05) is 11.6 Å². The van der Waals surface area contributed by atoms with Crippen LogP contribution in [0.4, 0.5) is 23.1 Å². The van der Waals surface area contributed by atoms with E-state index in [4.69, 9.17) is 11.6 Å². The minimum atomic E-state index is 0.270.